The SMILES string of the molecule is O=C1CC[C@H]2c3ccsc3[C@H](c3ccccc3)CN12. The fourth-order valence-electron chi connectivity index (χ4n) is 3.40. The summed E-state index contributed by atoms with van der Waals surface area (Å²) in [4.78, 5) is 15.6. The van der Waals surface area contributed by atoms with Crippen molar-refractivity contribution in [2.45, 2.75) is 24.8 Å². The molecule has 2 aliphatic rings. The van der Waals surface area contributed by atoms with Crippen LogP contribution in [0.5, 0.6) is 0 Å². The molecule has 2 nitrogen and oxygen atoms in total. The molecule has 2 aliphatic heterocycles. The van der Waals surface area contributed by atoms with Crippen LogP contribution in [0.15, 0.2) is 41.8 Å². The van der Waals surface area contributed by atoms with Gasteiger partial charge in [-0.3, -0.25) is 4.79 Å². The lowest BCUT2D eigenvalue weighted by atomic mass is 9.88. The summed E-state index contributed by atoms with van der Waals surface area (Å²) >= 11 is 1.84. The minimum atomic E-state index is 0.322. The number of carbonyl (C=O) groups excluding carboxylic acids is 1. The Balaban J connectivity index is 1.82. The minimum Gasteiger partial charge on any atom is -0.335 e. The van der Waals surface area contributed by atoms with Crippen molar-refractivity contribution in [3.8, 4) is 0 Å². The van der Waals surface area contributed by atoms with Crippen LogP contribution in [0, 0.1) is 0 Å². The van der Waals surface area contributed by atoms with Crippen LogP contribution in [0.2, 0.25) is 0 Å². The smallest absolute Gasteiger partial charge is 0.223 e. The van der Waals surface area contributed by atoms with E-state index in [0.29, 0.717) is 24.3 Å². The lowest BCUT2D eigenvalue weighted by Gasteiger charge is -2.35. The number of fused-ring (bicyclic) bond motifs is 3. The van der Waals surface area contributed by atoms with Crippen LogP contribution in [-0.4, -0.2) is 17.4 Å². The van der Waals surface area contributed by atoms with Crippen molar-refractivity contribution < 1.29 is 4.79 Å². The van der Waals surface area contributed by atoms with E-state index in [-0.39, 0.29) is 0 Å². The first-order valence-electron chi connectivity index (χ1n) is 6.76. The second kappa shape index (κ2) is 4.20. The van der Waals surface area contributed by atoms with Crippen molar-refractivity contribution >= 4 is 17.2 Å². The van der Waals surface area contributed by atoms with E-state index < -0.39 is 0 Å². The molecule has 0 bridgehead atoms. The molecule has 2 aromatic rings. The standard InChI is InChI=1S/C16H15NOS/c18-15-7-6-14-12-8-9-19-16(12)13(10-17(14)15)11-4-2-1-3-5-11/h1-5,8-9,13-14H,6-7,10H2/t13-,14-/m0/s1. The Hall–Kier alpha value is -1.61. The van der Waals surface area contributed by atoms with Gasteiger partial charge in [0, 0.05) is 23.8 Å². The Bertz CT molecular complexity index is 619. The third-order valence-corrected chi connectivity index (χ3v) is 5.36. The number of benzene rings is 1. The summed E-state index contributed by atoms with van der Waals surface area (Å²) in [7, 11) is 0. The van der Waals surface area contributed by atoms with E-state index >= 15 is 0 Å². The fourth-order valence-corrected chi connectivity index (χ4v) is 4.47. The molecular weight excluding hydrogens is 254 g/mol. The van der Waals surface area contributed by atoms with Gasteiger partial charge in [-0.15, -0.1) is 11.3 Å². The third-order valence-electron chi connectivity index (χ3n) is 4.31. The van der Waals surface area contributed by atoms with Crippen LogP contribution in [0.25, 0.3) is 0 Å². The molecule has 2 atom stereocenters. The van der Waals surface area contributed by atoms with Crippen molar-refractivity contribution in [1.29, 1.82) is 0 Å². The predicted octanol–water partition coefficient (Wildman–Crippen LogP) is 3.56. The zero-order valence-corrected chi connectivity index (χ0v) is 11.4. The number of hydrogen-bond donors (Lipinski definition) is 0. The highest BCUT2D eigenvalue weighted by Crippen LogP contribution is 2.46. The Kier molecular flexibility index (Phi) is 2.49. The summed E-state index contributed by atoms with van der Waals surface area (Å²) in [6.07, 6.45) is 1.70. The van der Waals surface area contributed by atoms with Crippen LogP contribution >= 0.6 is 11.3 Å². The highest BCUT2D eigenvalue weighted by molar-refractivity contribution is 7.10. The van der Waals surface area contributed by atoms with Crippen molar-refractivity contribution in [3.05, 3.63) is 57.8 Å². The van der Waals surface area contributed by atoms with Gasteiger partial charge in [0.2, 0.25) is 5.91 Å². The Morgan fingerprint density at radius 1 is 1.16 bits per heavy atom. The van der Waals surface area contributed by atoms with Gasteiger partial charge in [0.05, 0.1) is 6.04 Å². The van der Waals surface area contributed by atoms with E-state index in [1.165, 1.54) is 16.0 Å². The van der Waals surface area contributed by atoms with E-state index in [0.717, 1.165) is 13.0 Å². The minimum absolute atomic E-state index is 0.322. The molecule has 0 aliphatic carbocycles. The number of carbonyl (C=O) groups is 1. The molecule has 1 aromatic carbocycles. The molecule has 3 heterocycles. The molecule has 1 saturated heterocycles. The highest BCUT2D eigenvalue weighted by atomic mass is 32.1. The van der Waals surface area contributed by atoms with Gasteiger partial charge < -0.3 is 4.90 Å². The molecule has 4 rings (SSSR count). The zero-order valence-electron chi connectivity index (χ0n) is 10.6. The van der Waals surface area contributed by atoms with Gasteiger partial charge in [0.1, 0.15) is 0 Å². The van der Waals surface area contributed by atoms with Gasteiger partial charge >= 0.3 is 0 Å². The van der Waals surface area contributed by atoms with Crippen molar-refractivity contribution in [3.63, 3.8) is 0 Å². The normalized spacial score (nSPS) is 25.3. The molecule has 1 aromatic heterocycles. The van der Waals surface area contributed by atoms with Crippen LogP contribution in [0.4, 0.5) is 0 Å². The maximum absolute atomic E-state index is 12.0. The highest BCUT2D eigenvalue weighted by Gasteiger charge is 2.40. The summed E-state index contributed by atoms with van der Waals surface area (Å²) in [6, 6.07) is 13.1. The van der Waals surface area contributed by atoms with Crippen molar-refractivity contribution in [2.24, 2.45) is 0 Å². The number of rotatable bonds is 1. The van der Waals surface area contributed by atoms with Crippen LogP contribution in [-0.2, 0) is 4.79 Å². The monoisotopic (exact) mass is 269 g/mol. The van der Waals surface area contributed by atoms with Crippen LogP contribution < -0.4 is 0 Å². The van der Waals surface area contributed by atoms with Crippen LogP contribution in [0.3, 0.4) is 0 Å². The number of thiophene rings is 1. The lowest BCUT2D eigenvalue weighted by molar-refractivity contribution is -0.129. The number of nitrogens with zero attached hydrogens (tertiary/aromatic N) is 1. The van der Waals surface area contributed by atoms with E-state index in [2.05, 4.69) is 40.6 Å². The average molecular weight is 269 g/mol. The maximum Gasteiger partial charge on any atom is 0.223 e. The van der Waals surface area contributed by atoms with Gasteiger partial charge in [0.15, 0.2) is 0 Å². The third kappa shape index (κ3) is 1.65. The first kappa shape index (κ1) is 11.2. The van der Waals surface area contributed by atoms with Crippen LogP contribution in [0.1, 0.15) is 40.8 Å². The summed E-state index contributed by atoms with van der Waals surface area (Å²) in [5.41, 5.74) is 2.71. The molecule has 96 valence electrons. The molecule has 0 radical (unpaired) electrons. The fraction of sp³-hybridized carbons (Fsp3) is 0.312. The number of hydrogen-bond acceptors (Lipinski definition) is 2. The molecule has 19 heavy (non-hydrogen) atoms. The topological polar surface area (TPSA) is 20.3 Å². The quantitative estimate of drug-likeness (QED) is 0.775. The van der Waals surface area contributed by atoms with Gasteiger partial charge in [0.25, 0.3) is 0 Å². The first-order chi connectivity index (χ1) is 9.34. The second-order valence-electron chi connectivity index (χ2n) is 5.30. The summed E-state index contributed by atoms with van der Waals surface area (Å²) in [6.45, 7) is 0.848. The van der Waals surface area contributed by atoms with E-state index in [1.807, 2.05) is 17.4 Å². The Labute approximate surface area is 116 Å². The number of amides is 1. The summed E-state index contributed by atoms with van der Waals surface area (Å²) in [5, 5.41) is 2.17. The molecule has 3 heteroatoms. The molecule has 0 N–H and O–H groups in total. The molecule has 0 unspecified atom stereocenters. The van der Waals surface area contributed by atoms with Crippen molar-refractivity contribution in [1.82, 2.24) is 4.90 Å². The molecule has 0 saturated carbocycles. The largest absolute Gasteiger partial charge is 0.335 e. The molecule has 1 amide bonds. The average Bonchev–Trinajstić information content (AvgIpc) is 3.06. The maximum atomic E-state index is 12.0. The van der Waals surface area contributed by atoms with Crippen molar-refractivity contribution in [2.75, 3.05) is 6.54 Å². The first-order valence-corrected chi connectivity index (χ1v) is 7.64. The zero-order chi connectivity index (χ0) is 12.8. The molecule has 1 fully saturated rings. The Morgan fingerprint density at radius 2 is 2.00 bits per heavy atom. The van der Waals surface area contributed by atoms with E-state index in [4.69, 9.17) is 0 Å². The molecular formula is C16H15NOS. The second-order valence-corrected chi connectivity index (χ2v) is 6.25. The van der Waals surface area contributed by atoms with Gasteiger partial charge in [-0.1, -0.05) is 30.3 Å². The van der Waals surface area contributed by atoms with Gasteiger partial charge in [-0.25, -0.2) is 0 Å². The predicted molar refractivity (Wildman–Crippen MR) is 76.3 cm³/mol. The summed E-state index contributed by atoms with van der Waals surface area (Å²) in [5.74, 6) is 0.678. The van der Waals surface area contributed by atoms with Gasteiger partial charge in [-0.2, -0.15) is 0 Å². The van der Waals surface area contributed by atoms with Gasteiger partial charge in [-0.05, 0) is 29.0 Å². The lowest BCUT2D eigenvalue weighted by Crippen LogP contribution is -2.36. The summed E-state index contributed by atoms with van der Waals surface area (Å²) < 4.78 is 0. The van der Waals surface area contributed by atoms with E-state index in [9.17, 15) is 4.79 Å². The Morgan fingerprint density at radius 3 is 2.84 bits per heavy atom. The molecule has 0 spiro atoms. The van der Waals surface area contributed by atoms with E-state index in [1.54, 1.807) is 0 Å².